The number of carbonyl (C=O) groups excluding carboxylic acids is 8. The summed E-state index contributed by atoms with van der Waals surface area (Å²) in [4.78, 5) is 132. The van der Waals surface area contributed by atoms with Crippen molar-refractivity contribution in [3.63, 3.8) is 0 Å². The molecule has 4 aromatic carbocycles. The van der Waals surface area contributed by atoms with Gasteiger partial charge in [0.05, 0.1) is 96.4 Å². The summed E-state index contributed by atoms with van der Waals surface area (Å²) in [6.07, 6.45) is 6.07. The van der Waals surface area contributed by atoms with E-state index in [4.69, 9.17) is 113 Å². The zero-order valence-electron chi connectivity index (χ0n) is 62.9. The molecule has 602 valence electrons. The molecule has 0 saturated heterocycles. The number of benzene rings is 4. The summed E-state index contributed by atoms with van der Waals surface area (Å²) in [5.41, 5.74) is 9.79. The van der Waals surface area contributed by atoms with Crippen molar-refractivity contribution in [2.45, 2.75) is 60.5 Å². The Morgan fingerprint density at radius 1 is 0.378 bits per heavy atom. The van der Waals surface area contributed by atoms with Crippen molar-refractivity contribution >= 4 is 206 Å². The van der Waals surface area contributed by atoms with Gasteiger partial charge in [-0.3, -0.25) is 38.4 Å². The Morgan fingerprint density at radius 2 is 0.655 bits per heavy atom. The third-order valence-corrected chi connectivity index (χ3v) is 18.6. The first-order valence-corrected chi connectivity index (χ1v) is 38.4. The molecule has 8 amide bonds. The minimum Gasteiger partial charge on any atom is -0.366 e. The van der Waals surface area contributed by atoms with E-state index in [0.29, 0.717) is 47.3 Å². The number of anilines is 4. The van der Waals surface area contributed by atoms with E-state index in [1.165, 1.54) is 99.0 Å². The van der Waals surface area contributed by atoms with Gasteiger partial charge in [-0.2, -0.15) is 20.4 Å². The van der Waals surface area contributed by atoms with Gasteiger partial charge >= 0.3 is 0 Å². The fourth-order valence-electron chi connectivity index (χ4n) is 10.9. The van der Waals surface area contributed by atoms with Crippen LogP contribution in [0.1, 0.15) is 128 Å². The fraction of sp³-hybridized carbons (Fsp3) is 0.128. The van der Waals surface area contributed by atoms with Crippen molar-refractivity contribution in [2.75, 3.05) is 28.3 Å². The average molecular weight is 1870 g/mol. The van der Waals surface area contributed by atoms with Crippen LogP contribution < -0.4 is 43.0 Å². The highest BCUT2D eigenvalue weighted by Gasteiger charge is 2.29. The first-order chi connectivity index (χ1) is 56.6. The third kappa shape index (κ3) is 22.0. The summed E-state index contributed by atoms with van der Waals surface area (Å²) >= 11 is 49.5. The predicted octanol–water partition coefficient (Wildman–Crippen LogP) is 18.0. The van der Waals surface area contributed by atoms with Crippen LogP contribution in [0.4, 0.5) is 45.5 Å². The number of carbonyl (C=O) groups is 8. The Labute approximate surface area is 729 Å². The number of amides is 8. The van der Waals surface area contributed by atoms with Crippen LogP contribution in [0.25, 0.3) is 42.7 Å². The summed E-state index contributed by atoms with van der Waals surface area (Å²) in [5, 5.41) is 36.7. The SMILES string of the molecule is [C-]#[N+]c1cc(C)c(NC(=O)c2cc(Br)nn2-c2ncccc2Cl)c(C(=O)NC(C)C)c1.[C-]#[N+]c1cc(C)c(NC(=O)c2cc(Br)nn2-c2ncccc2Cl)c(C(N)=O)c1.[C-]#[N+]c1cc(C)c(NC(=O)c2cc(Cl)nn2-c2ncccc2Cl)c(C(=O)NC(C)C)c1.[C-]#[N+]c1cc(Cl)c(NC(=O)c2cc(Cl)nn2-c2ncccc2Cl)c(C(=O)NC)c1. The van der Waals surface area contributed by atoms with Crippen LogP contribution >= 0.6 is 113 Å². The van der Waals surface area contributed by atoms with Gasteiger partial charge in [0.15, 0.2) is 56.3 Å². The van der Waals surface area contributed by atoms with Crippen LogP contribution in [0.15, 0.2) is 155 Å². The topological polar surface area (TPSA) is 387 Å². The molecule has 0 aliphatic rings. The minimum absolute atomic E-state index is 0.0174. The van der Waals surface area contributed by atoms with E-state index in [0.717, 1.165) is 0 Å². The number of pyridine rings is 4. The first kappa shape index (κ1) is 90.0. The summed E-state index contributed by atoms with van der Waals surface area (Å²) in [6, 6.07) is 30.2. The third-order valence-electron chi connectivity index (χ3n) is 16.0. The molecular formula is C78H59Br2Cl7N24O8. The number of aryl methyl sites for hydroxylation is 3. The lowest BCUT2D eigenvalue weighted by atomic mass is 10.0. The van der Waals surface area contributed by atoms with Crippen molar-refractivity contribution in [1.29, 1.82) is 0 Å². The number of primary amides is 1. The summed E-state index contributed by atoms with van der Waals surface area (Å²) in [7, 11) is 1.42. The second kappa shape index (κ2) is 40.3. The molecule has 0 fully saturated rings. The number of halogens is 9. The van der Waals surface area contributed by atoms with E-state index in [-0.39, 0.29) is 146 Å². The van der Waals surface area contributed by atoms with Crippen molar-refractivity contribution in [3.8, 4) is 23.3 Å². The highest BCUT2D eigenvalue weighted by molar-refractivity contribution is 9.10. The summed E-state index contributed by atoms with van der Waals surface area (Å²) < 4.78 is 5.83. The van der Waals surface area contributed by atoms with E-state index in [1.807, 2.05) is 27.7 Å². The molecule has 0 aliphatic heterocycles. The van der Waals surface area contributed by atoms with Crippen molar-refractivity contribution in [1.82, 2.24) is 75.0 Å². The predicted molar refractivity (Wildman–Crippen MR) is 460 cm³/mol. The van der Waals surface area contributed by atoms with Crippen molar-refractivity contribution in [3.05, 3.63) is 298 Å². The first-order valence-electron chi connectivity index (χ1n) is 34.2. The molecular weight excluding hydrogens is 1810 g/mol. The van der Waals surface area contributed by atoms with E-state index < -0.39 is 41.4 Å². The number of hydrogen-bond acceptors (Lipinski definition) is 16. The minimum atomic E-state index is -0.758. The van der Waals surface area contributed by atoms with Crippen LogP contribution in [0.3, 0.4) is 0 Å². The van der Waals surface area contributed by atoms with Gasteiger partial charge in [0, 0.05) is 68.2 Å². The molecule has 0 atom stereocenters. The summed E-state index contributed by atoms with van der Waals surface area (Å²) in [5.74, 6) is -3.37. The van der Waals surface area contributed by atoms with E-state index >= 15 is 0 Å². The Bertz CT molecular complexity index is 6050. The van der Waals surface area contributed by atoms with Gasteiger partial charge in [-0.15, -0.1) is 0 Å². The molecule has 41 heteroatoms. The average Bonchev–Trinajstić information content (AvgIpc) is 1.74. The molecule has 119 heavy (non-hydrogen) atoms. The number of nitrogens with two attached hydrogens (primary N) is 1. The van der Waals surface area contributed by atoms with Crippen molar-refractivity contribution < 1.29 is 38.4 Å². The standard InChI is InChI=1S/C21H18BrClN6O2.C21H18Cl2N6O2.C18H12BrClN6O2.C18H11Cl3N6O2/c1-11(2)26-20(30)14-9-13(24-4)8-12(3)18(14)27-21(31)16-10-17(22)28-29(16)19-15(23)6-5-7-25-19;1-11(2)26-20(30)14-9-13(24-4)8-12(3)18(14)27-21(31)16-10-17(23)28-29(16)19-15(22)6-5-7-25-19;1-9-6-10(22-2)7-11(16(21)27)15(9)24-18(28)13-8-14(19)25-26(13)17-12(20)4-3-5-23-17;1-22-9-6-10(17(28)23-2)15(12(20)7-9)25-18(29)13-8-14(21)26-27(13)16-11(19)4-3-5-24-16/h2*5-11H,1-3H3,(H,26,30)(H,27,31);3-8H,1H3,(H2,21,27)(H,24,28);3-8H,2H3,(H,23,28)(H,25,29). The van der Waals surface area contributed by atoms with E-state index in [9.17, 15) is 38.4 Å². The van der Waals surface area contributed by atoms with Crippen molar-refractivity contribution in [2.24, 2.45) is 5.73 Å². The second-order valence-corrected chi connectivity index (χ2v) is 29.6. The lowest BCUT2D eigenvalue weighted by Gasteiger charge is -2.16. The number of hydrogen-bond donors (Lipinski definition) is 8. The maximum absolute atomic E-state index is 13.2. The molecule has 0 bridgehead atoms. The molecule has 9 N–H and O–H groups in total. The maximum Gasteiger partial charge on any atom is 0.274 e. The van der Waals surface area contributed by atoms with Gasteiger partial charge in [0.25, 0.3) is 41.4 Å². The molecule has 0 aliphatic carbocycles. The van der Waals surface area contributed by atoms with Crippen LogP contribution in [0, 0.1) is 47.1 Å². The molecule has 0 saturated carbocycles. The smallest absolute Gasteiger partial charge is 0.274 e. The van der Waals surface area contributed by atoms with Crippen LogP contribution in [-0.4, -0.2) is 125 Å². The van der Waals surface area contributed by atoms with Gasteiger partial charge in [-0.25, -0.2) is 58.0 Å². The van der Waals surface area contributed by atoms with Gasteiger partial charge in [-0.05, 0) is 176 Å². The highest BCUT2D eigenvalue weighted by atomic mass is 79.9. The molecule has 8 heterocycles. The molecule has 0 radical (unpaired) electrons. The molecule has 0 spiro atoms. The zero-order chi connectivity index (χ0) is 87.0. The molecule has 12 aromatic rings. The Balaban J connectivity index is 0.000000181. The number of rotatable bonds is 18. The number of aromatic nitrogens is 12. The number of nitrogens with one attached hydrogen (secondary N) is 7. The molecule has 32 nitrogen and oxygen atoms in total. The largest absolute Gasteiger partial charge is 0.366 e. The zero-order valence-corrected chi connectivity index (χ0v) is 71.4. The Hall–Kier alpha value is -13.0. The molecule has 8 aromatic heterocycles. The maximum atomic E-state index is 13.2. The molecule has 12 rings (SSSR count). The van der Waals surface area contributed by atoms with Gasteiger partial charge in [-0.1, -0.05) is 99.4 Å². The second-order valence-electron chi connectivity index (χ2n) is 25.2. The monoisotopic (exact) mass is 1860 g/mol. The lowest BCUT2D eigenvalue weighted by Crippen LogP contribution is -2.31. The highest BCUT2D eigenvalue weighted by Crippen LogP contribution is 2.36. The van der Waals surface area contributed by atoms with E-state index in [2.05, 4.69) is 129 Å². The quantitative estimate of drug-likeness (QED) is 0.0370. The normalized spacial score (nSPS) is 10.5. The van der Waals surface area contributed by atoms with E-state index in [1.54, 1.807) is 93.7 Å². The fourth-order valence-corrected chi connectivity index (χ4v) is 13.0. The van der Waals surface area contributed by atoms with Crippen LogP contribution in [0.5, 0.6) is 0 Å². The Kier molecular flexibility index (Phi) is 30.4. The van der Waals surface area contributed by atoms with Crippen LogP contribution in [0.2, 0.25) is 35.4 Å². The molecule has 0 unspecified atom stereocenters. The Morgan fingerprint density at radius 3 is 0.950 bits per heavy atom. The summed E-state index contributed by atoms with van der Waals surface area (Å²) in [6.45, 7) is 41.2. The van der Waals surface area contributed by atoms with Crippen LogP contribution in [-0.2, 0) is 0 Å². The van der Waals surface area contributed by atoms with Gasteiger partial charge < -0.3 is 43.0 Å². The van der Waals surface area contributed by atoms with Gasteiger partial charge in [0.2, 0.25) is 5.91 Å². The lowest BCUT2D eigenvalue weighted by molar-refractivity contribution is 0.0934. The number of nitrogens with zero attached hydrogens (tertiary/aromatic N) is 16. The van der Waals surface area contributed by atoms with Gasteiger partial charge in [0.1, 0.15) is 32.0 Å².